The van der Waals surface area contributed by atoms with Crippen molar-refractivity contribution in [1.82, 2.24) is 10.6 Å². The molecule has 0 fully saturated rings. The zero-order valence-electron chi connectivity index (χ0n) is 25.0. The Bertz CT molecular complexity index is 598. The van der Waals surface area contributed by atoms with E-state index in [1.165, 1.54) is 0 Å². The lowest BCUT2D eigenvalue weighted by molar-refractivity contribution is -0.121. The largest absolute Gasteiger partial charge is 0.455 e. The Hall–Kier alpha value is -0.866. The number of carbonyl (C=O) groups excluding carboxylic acids is 2. The van der Waals surface area contributed by atoms with E-state index in [1.807, 2.05) is 0 Å². The van der Waals surface area contributed by atoms with Gasteiger partial charge in [0.15, 0.2) is 16.6 Å². The zero-order valence-corrected chi connectivity index (χ0v) is 27.0. The van der Waals surface area contributed by atoms with Crippen molar-refractivity contribution in [1.29, 1.82) is 0 Å². The average molecular weight is 581 g/mol. The smallest absolute Gasteiger partial charge is 0.220 e. The molecule has 0 rings (SSSR count). The summed E-state index contributed by atoms with van der Waals surface area (Å²) in [6.45, 7) is 17.0. The molecule has 0 aromatic rings. The number of carbonyl (C=O) groups is 2. The Balaban J connectivity index is 3.58. The SMILES string of the molecule is CCCOCCOCCOCCOCCOCCNC(=O)CCC[Si](C)(C)O[Si](C)(C)CCCC(=O)NC. The van der Waals surface area contributed by atoms with Gasteiger partial charge in [-0.15, -0.1) is 0 Å². The van der Waals surface area contributed by atoms with Crippen molar-refractivity contribution in [2.45, 2.75) is 77.3 Å². The fraction of sp³-hybridized carbons (Fsp3) is 0.923. The third kappa shape index (κ3) is 25.4. The summed E-state index contributed by atoms with van der Waals surface area (Å²) in [6.07, 6.45) is 3.76. The summed E-state index contributed by atoms with van der Waals surface area (Å²) < 4.78 is 33.7. The highest BCUT2D eigenvalue weighted by atomic mass is 28.4. The average Bonchev–Trinajstić information content (AvgIpc) is 2.84. The second kappa shape index (κ2) is 24.0. The Kier molecular flexibility index (Phi) is 23.4. The van der Waals surface area contributed by atoms with E-state index in [0.717, 1.165) is 38.0 Å². The quantitative estimate of drug-likeness (QED) is 0.112. The predicted octanol–water partition coefficient (Wildman–Crippen LogP) is 3.33. The third-order valence-electron chi connectivity index (χ3n) is 5.60. The molecule has 0 saturated heterocycles. The van der Waals surface area contributed by atoms with Crippen LogP contribution >= 0.6 is 0 Å². The Morgan fingerprint density at radius 1 is 0.605 bits per heavy atom. The fourth-order valence-electron chi connectivity index (χ4n) is 3.80. The van der Waals surface area contributed by atoms with Crippen LogP contribution in [-0.2, 0) is 37.4 Å². The van der Waals surface area contributed by atoms with Gasteiger partial charge < -0.3 is 38.4 Å². The summed E-state index contributed by atoms with van der Waals surface area (Å²) in [5.74, 6) is 0.130. The van der Waals surface area contributed by atoms with Crippen LogP contribution in [0.1, 0.15) is 39.0 Å². The predicted molar refractivity (Wildman–Crippen MR) is 156 cm³/mol. The van der Waals surface area contributed by atoms with Crippen LogP contribution < -0.4 is 10.6 Å². The van der Waals surface area contributed by atoms with Gasteiger partial charge >= 0.3 is 0 Å². The van der Waals surface area contributed by atoms with E-state index in [9.17, 15) is 9.59 Å². The summed E-state index contributed by atoms with van der Waals surface area (Å²) >= 11 is 0. The Labute approximate surface area is 233 Å². The molecule has 0 atom stereocenters. The molecule has 0 aliphatic carbocycles. The molecule has 0 radical (unpaired) electrons. The van der Waals surface area contributed by atoms with Crippen molar-refractivity contribution in [2.75, 3.05) is 79.7 Å². The molecule has 0 saturated carbocycles. The first-order chi connectivity index (χ1) is 18.1. The minimum atomic E-state index is -1.85. The molecule has 0 heterocycles. The van der Waals surface area contributed by atoms with Crippen LogP contribution in [0.15, 0.2) is 0 Å². The van der Waals surface area contributed by atoms with Crippen molar-refractivity contribution in [3.05, 3.63) is 0 Å². The minimum Gasteiger partial charge on any atom is -0.455 e. The molecule has 0 bridgehead atoms. The Morgan fingerprint density at radius 3 is 1.42 bits per heavy atom. The maximum absolute atomic E-state index is 12.1. The summed E-state index contributed by atoms with van der Waals surface area (Å²) in [6, 6.07) is 1.92. The van der Waals surface area contributed by atoms with Crippen LogP contribution in [0.25, 0.3) is 0 Å². The van der Waals surface area contributed by atoms with E-state index in [-0.39, 0.29) is 11.8 Å². The van der Waals surface area contributed by atoms with E-state index in [4.69, 9.17) is 27.8 Å². The number of rotatable bonds is 27. The summed E-state index contributed by atoms with van der Waals surface area (Å²) in [5, 5.41) is 5.58. The summed E-state index contributed by atoms with van der Waals surface area (Å²) in [5.41, 5.74) is 0. The molecular formula is C26H56N2O8Si2. The fourth-order valence-corrected chi connectivity index (χ4v) is 12.7. The second-order valence-corrected chi connectivity index (χ2v) is 19.3. The molecule has 38 heavy (non-hydrogen) atoms. The highest BCUT2D eigenvalue weighted by Crippen LogP contribution is 2.24. The number of ether oxygens (including phenoxy) is 5. The van der Waals surface area contributed by atoms with Crippen LogP contribution in [0.3, 0.4) is 0 Å². The molecule has 226 valence electrons. The van der Waals surface area contributed by atoms with Crippen LogP contribution in [0.4, 0.5) is 0 Å². The molecule has 0 aromatic heterocycles. The van der Waals surface area contributed by atoms with E-state index in [1.54, 1.807) is 7.05 Å². The number of hydrogen-bond donors (Lipinski definition) is 2. The first kappa shape index (κ1) is 37.1. The molecule has 10 nitrogen and oxygen atoms in total. The van der Waals surface area contributed by atoms with Crippen molar-refractivity contribution in [3.63, 3.8) is 0 Å². The maximum Gasteiger partial charge on any atom is 0.220 e. The van der Waals surface area contributed by atoms with Gasteiger partial charge in [-0.05, 0) is 57.5 Å². The van der Waals surface area contributed by atoms with E-state index in [0.29, 0.717) is 78.8 Å². The molecule has 2 amide bonds. The highest BCUT2D eigenvalue weighted by Gasteiger charge is 2.32. The minimum absolute atomic E-state index is 0.0475. The van der Waals surface area contributed by atoms with Crippen molar-refractivity contribution in [3.8, 4) is 0 Å². The molecular weight excluding hydrogens is 524 g/mol. The lowest BCUT2D eigenvalue weighted by Gasteiger charge is -2.34. The van der Waals surface area contributed by atoms with Gasteiger partial charge in [0.05, 0.1) is 59.5 Å². The van der Waals surface area contributed by atoms with Gasteiger partial charge in [-0.25, -0.2) is 0 Å². The van der Waals surface area contributed by atoms with Crippen LogP contribution in [0, 0.1) is 0 Å². The second-order valence-electron chi connectivity index (χ2n) is 10.4. The number of amides is 2. The Morgan fingerprint density at radius 2 is 1.00 bits per heavy atom. The lowest BCUT2D eigenvalue weighted by atomic mass is 10.3. The van der Waals surface area contributed by atoms with Crippen molar-refractivity contribution < 1.29 is 37.4 Å². The zero-order chi connectivity index (χ0) is 28.5. The van der Waals surface area contributed by atoms with E-state index < -0.39 is 16.6 Å². The van der Waals surface area contributed by atoms with Gasteiger partial charge in [-0.3, -0.25) is 9.59 Å². The van der Waals surface area contributed by atoms with Gasteiger partial charge in [0.1, 0.15) is 0 Å². The highest BCUT2D eigenvalue weighted by molar-refractivity contribution is 6.84. The molecule has 0 aromatic carbocycles. The normalized spacial score (nSPS) is 12.1. The molecule has 0 spiro atoms. The van der Waals surface area contributed by atoms with Crippen molar-refractivity contribution in [2.24, 2.45) is 0 Å². The monoisotopic (exact) mass is 580 g/mol. The molecule has 12 heteroatoms. The van der Waals surface area contributed by atoms with Crippen LogP contribution in [-0.4, -0.2) is 108 Å². The number of hydrogen-bond acceptors (Lipinski definition) is 8. The first-order valence-corrected chi connectivity index (χ1v) is 20.4. The topological polar surface area (TPSA) is 114 Å². The maximum atomic E-state index is 12.1. The molecule has 0 aliphatic rings. The number of nitrogens with one attached hydrogen (secondary N) is 2. The van der Waals surface area contributed by atoms with E-state index in [2.05, 4.69) is 43.7 Å². The van der Waals surface area contributed by atoms with Gasteiger partial charge in [0, 0.05) is 33.0 Å². The van der Waals surface area contributed by atoms with Gasteiger partial charge in [-0.1, -0.05) is 6.92 Å². The summed E-state index contributed by atoms with van der Waals surface area (Å²) in [4.78, 5) is 23.6. The first-order valence-electron chi connectivity index (χ1n) is 14.2. The summed E-state index contributed by atoms with van der Waals surface area (Å²) in [7, 11) is -1.99. The van der Waals surface area contributed by atoms with Gasteiger partial charge in [0.25, 0.3) is 0 Å². The van der Waals surface area contributed by atoms with Crippen LogP contribution in [0.2, 0.25) is 38.3 Å². The van der Waals surface area contributed by atoms with E-state index >= 15 is 0 Å². The van der Waals surface area contributed by atoms with Crippen molar-refractivity contribution >= 4 is 28.4 Å². The third-order valence-corrected chi connectivity index (χ3v) is 13.1. The molecule has 0 unspecified atom stereocenters. The van der Waals surface area contributed by atoms with Gasteiger partial charge in [0.2, 0.25) is 11.8 Å². The standard InChI is InChI=1S/C26H56N2O8Si2/c1-7-13-31-15-17-33-19-21-35-22-20-34-18-16-32-14-12-28-26(30)11-9-24-38(5,6)36-37(3,4)23-8-10-25(29)27-2/h7-24H2,1-6H3,(H,27,29)(H,28,30). The molecule has 2 N–H and O–H groups in total. The van der Waals surface area contributed by atoms with Crippen LogP contribution in [0.5, 0.6) is 0 Å². The lowest BCUT2D eigenvalue weighted by Crippen LogP contribution is -2.44. The molecule has 0 aliphatic heterocycles. The van der Waals surface area contributed by atoms with Gasteiger partial charge in [-0.2, -0.15) is 0 Å².